The van der Waals surface area contributed by atoms with Gasteiger partial charge in [0.25, 0.3) is 5.69 Å². The van der Waals surface area contributed by atoms with Crippen LogP contribution in [0.3, 0.4) is 0 Å². The lowest BCUT2D eigenvalue weighted by molar-refractivity contribution is -0.385. The predicted octanol–water partition coefficient (Wildman–Crippen LogP) is 3.28. The van der Waals surface area contributed by atoms with Crippen molar-refractivity contribution in [3.63, 3.8) is 0 Å². The van der Waals surface area contributed by atoms with Gasteiger partial charge in [0.05, 0.1) is 9.95 Å². The second-order valence-electron chi connectivity index (χ2n) is 2.29. The minimum Gasteiger partial charge on any atom is -0.258 e. The molecule has 0 amide bonds. The lowest BCUT2D eigenvalue weighted by atomic mass is 10.2. The van der Waals surface area contributed by atoms with Crippen molar-refractivity contribution in [1.82, 2.24) is 0 Å². The van der Waals surface area contributed by atoms with Gasteiger partial charge in [-0.3, -0.25) is 10.1 Å². The Morgan fingerprint density at radius 1 is 1.62 bits per heavy atom. The van der Waals surface area contributed by atoms with Crippen LogP contribution in [-0.4, -0.2) is 4.92 Å². The van der Waals surface area contributed by atoms with Gasteiger partial charge in [-0.15, -0.1) is 0 Å². The van der Waals surface area contributed by atoms with Crippen molar-refractivity contribution in [3.05, 3.63) is 38.7 Å². The lowest BCUT2D eigenvalue weighted by Gasteiger charge is -2.00. The van der Waals surface area contributed by atoms with E-state index in [9.17, 15) is 14.5 Å². The molecule has 0 saturated heterocycles. The first-order chi connectivity index (χ1) is 6.06. The molecule has 13 heavy (non-hydrogen) atoms. The fourth-order valence-electron chi connectivity index (χ4n) is 0.855. The summed E-state index contributed by atoms with van der Waals surface area (Å²) in [5, 5.41) is 10.4. The molecule has 0 spiro atoms. The molecular formula is C7H4BrClFNO2. The molecule has 0 fully saturated rings. The van der Waals surface area contributed by atoms with Crippen LogP contribution in [-0.2, 0) is 5.33 Å². The number of nitro benzene ring substituents is 1. The van der Waals surface area contributed by atoms with Gasteiger partial charge >= 0.3 is 0 Å². The molecule has 0 aliphatic rings. The molecule has 1 aromatic carbocycles. The SMILES string of the molecule is O=[N+]([O-])c1cc(Cl)c(F)cc1CBr. The normalized spacial score (nSPS) is 10.1. The number of nitro groups is 1. The minimum absolute atomic E-state index is 0.178. The summed E-state index contributed by atoms with van der Waals surface area (Å²) in [6, 6.07) is 2.06. The molecule has 1 aromatic rings. The molecule has 0 bridgehead atoms. The van der Waals surface area contributed by atoms with Crippen LogP contribution < -0.4 is 0 Å². The Kier molecular flexibility index (Phi) is 3.22. The van der Waals surface area contributed by atoms with E-state index in [0.29, 0.717) is 0 Å². The Labute approximate surface area is 86.8 Å². The average Bonchev–Trinajstić information content (AvgIpc) is 2.08. The number of halogens is 3. The first-order valence-corrected chi connectivity index (χ1v) is 4.74. The second kappa shape index (κ2) is 4.02. The fourth-order valence-corrected chi connectivity index (χ4v) is 1.46. The smallest absolute Gasteiger partial charge is 0.258 e. The minimum atomic E-state index is -0.651. The van der Waals surface area contributed by atoms with Crippen molar-refractivity contribution in [2.24, 2.45) is 0 Å². The molecule has 0 heterocycles. The van der Waals surface area contributed by atoms with Gasteiger partial charge in [-0.25, -0.2) is 4.39 Å². The van der Waals surface area contributed by atoms with E-state index >= 15 is 0 Å². The average molecular weight is 268 g/mol. The number of hydrogen-bond donors (Lipinski definition) is 0. The third kappa shape index (κ3) is 2.16. The van der Waals surface area contributed by atoms with Gasteiger partial charge in [-0.05, 0) is 6.07 Å². The molecule has 0 aliphatic carbocycles. The van der Waals surface area contributed by atoms with Crippen LogP contribution in [0.1, 0.15) is 5.56 Å². The maximum absolute atomic E-state index is 12.8. The Morgan fingerprint density at radius 3 is 2.69 bits per heavy atom. The summed E-state index contributed by atoms with van der Waals surface area (Å²) in [5.41, 5.74) is 0.0928. The van der Waals surface area contributed by atoms with Crippen LogP contribution in [0.15, 0.2) is 12.1 Å². The molecule has 0 atom stereocenters. The Balaban J connectivity index is 3.33. The molecule has 0 aromatic heterocycles. The first-order valence-electron chi connectivity index (χ1n) is 3.24. The third-order valence-corrected chi connectivity index (χ3v) is 2.36. The summed E-state index contributed by atoms with van der Waals surface area (Å²) in [7, 11) is 0. The van der Waals surface area contributed by atoms with E-state index in [1.54, 1.807) is 0 Å². The van der Waals surface area contributed by atoms with Crippen LogP contribution in [0, 0.1) is 15.9 Å². The number of benzene rings is 1. The van der Waals surface area contributed by atoms with Crippen molar-refractivity contribution in [2.45, 2.75) is 5.33 Å². The van der Waals surface area contributed by atoms with Gasteiger partial charge in [0.15, 0.2) is 0 Å². The van der Waals surface area contributed by atoms with Crippen molar-refractivity contribution in [1.29, 1.82) is 0 Å². The maximum atomic E-state index is 12.8. The molecule has 1 rings (SSSR count). The zero-order valence-electron chi connectivity index (χ0n) is 6.26. The summed E-state index contributed by atoms with van der Waals surface area (Å²) < 4.78 is 12.8. The van der Waals surface area contributed by atoms with E-state index < -0.39 is 10.7 Å². The zero-order valence-corrected chi connectivity index (χ0v) is 8.60. The Hall–Kier alpha value is -0.680. The Bertz CT molecular complexity index is 359. The molecule has 0 saturated carbocycles. The Morgan fingerprint density at radius 2 is 2.23 bits per heavy atom. The molecule has 0 unspecified atom stereocenters. The summed E-state index contributed by atoms with van der Waals surface area (Å²) >= 11 is 8.41. The molecule has 0 N–H and O–H groups in total. The highest BCUT2D eigenvalue weighted by molar-refractivity contribution is 9.08. The monoisotopic (exact) mass is 267 g/mol. The van der Waals surface area contributed by atoms with E-state index in [4.69, 9.17) is 11.6 Å². The highest BCUT2D eigenvalue weighted by Gasteiger charge is 2.16. The summed E-state index contributed by atoms with van der Waals surface area (Å²) in [5.74, 6) is -0.651. The number of nitrogens with zero attached hydrogens (tertiary/aromatic N) is 1. The van der Waals surface area contributed by atoms with Crippen LogP contribution in [0.2, 0.25) is 5.02 Å². The van der Waals surface area contributed by atoms with E-state index in [2.05, 4.69) is 15.9 Å². The molecule has 0 aliphatic heterocycles. The van der Waals surface area contributed by atoms with Crippen molar-refractivity contribution < 1.29 is 9.31 Å². The van der Waals surface area contributed by atoms with Gasteiger partial charge in [0, 0.05) is 17.0 Å². The summed E-state index contributed by atoms with van der Waals surface area (Å²) in [4.78, 5) is 9.85. The van der Waals surface area contributed by atoms with Crippen LogP contribution in [0.5, 0.6) is 0 Å². The van der Waals surface area contributed by atoms with Gasteiger partial charge < -0.3 is 0 Å². The molecule has 70 valence electrons. The molecule has 0 radical (unpaired) electrons. The zero-order chi connectivity index (χ0) is 10.0. The van der Waals surface area contributed by atoms with E-state index in [1.807, 2.05) is 0 Å². The lowest BCUT2D eigenvalue weighted by Crippen LogP contribution is -1.94. The topological polar surface area (TPSA) is 43.1 Å². The van der Waals surface area contributed by atoms with E-state index in [0.717, 1.165) is 12.1 Å². The second-order valence-corrected chi connectivity index (χ2v) is 3.25. The first kappa shape index (κ1) is 10.4. The number of rotatable bonds is 2. The predicted molar refractivity (Wildman–Crippen MR) is 50.7 cm³/mol. The van der Waals surface area contributed by atoms with Gasteiger partial charge in [0.2, 0.25) is 0 Å². The molecular weight excluding hydrogens is 264 g/mol. The van der Waals surface area contributed by atoms with Gasteiger partial charge in [0.1, 0.15) is 5.82 Å². The van der Waals surface area contributed by atoms with Crippen molar-refractivity contribution >= 4 is 33.2 Å². The van der Waals surface area contributed by atoms with Crippen LogP contribution >= 0.6 is 27.5 Å². The van der Waals surface area contributed by atoms with Gasteiger partial charge in [-0.1, -0.05) is 27.5 Å². The van der Waals surface area contributed by atoms with Crippen LogP contribution in [0.25, 0.3) is 0 Å². The van der Waals surface area contributed by atoms with E-state index in [-0.39, 0.29) is 21.6 Å². The quantitative estimate of drug-likeness (QED) is 0.469. The summed E-state index contributed by atoms with van der Waals surface area (Å²) in [6.07, 6.45) is 0. The third-order valence-electron chi connectivity index (χ3n) is 1.46. The highest BCUT2D eigenvalue weighted by atomic mass is 79.9. The van der Waals surface area contributed by atoms with Crippen molar-refractivity contribution in [2.75, 3.05) is 0 Å². The fraction of sp³-hybridized carbons (Fsp3) is 0.143. The van der Waals surface area contributed by atoms with Crippen molar-refractivity contribution in [3.8, 4) is 0 Å². The van der Waals surface area contributed by atoms with E-state index in [1.165, 1.54) is 0 Å². The summed E-state index contributed by atoms with van der Waals surface area (Å²) in [6.45, 7) is 0. The number of alkyl halides is 1. The molecule has 6 heteroatoms. The molecule has 3 nitrogen and oxygen atoms in total. The number of hydrogen-bond acceptors (Lipinski definition) is 2. The largest absolute Gasteiger partial charge is 0.275 e. The van der Waals surface area contributed by atoms with Gasteiger partial charge in [-0.2, -0.15) is 0 Å². The maximum Gasteiger partial charge on any atom is 0.275 e. The highest BCUT2D eigenvalue weighted by Crippen LogP contribution is 2.27. The van der Waals surface area contributed by atoms with Crippen LogP contribution in [0.4, 0.5) is 10.1 Å². The standard InChI is InChI=1S/C7H4BrClFNO2/c8-3-4-1-6(10)5(9)2-7(4)11(12)13/h1-2H,3H2.